The fourth-order valence-corrected chi connectivity index (χ4v) is 3.57. The van der Waals surface area contributed by atoms with E-state index in [0.29, 0.717) is 17.8 Å². The minimum absolute atomic E-state index is 0.468. The fraction of sp³-hybridized carbons (Fsp3) is 0.333. The van der Waals surface area contributed by atoms with Crippen LogP contribution in [0, 0.1) is 0 Å². The molecule has 1 saturated carbocycles. The van der Waals surface area contributed by atoms with Crippen molar-refractivity contribution in [3.63, 3.8) is 0 Å². The van der Waals surface area contributed by atoms with Gasteiger partial charge in [0, 0.05) is 16.1 Å². The monoisotopic (exact) mass is 445 g/mol. The Labute approximate surface area is 174 Å². The Kier molecular flexibility index (Phi) is 7.66. The number of hydrogen-bond acceptors (Lipinski definition) is 3. The van der Waals surface area contributed by atoms with Gasteiger partial charge in [0.2, 0.25) is 0 Å². The summed E-state index contributed by atoms with van der Waals surface area (Å²) in [4.78, 5) is 0. The van der Waals surface area contributed by atoms with Gasteiger partial charge >= 0.3 is 0 Å². The summed E-state index contributed by atoms with van der Waals surface area (Å²) in [6, 6.07) is 16.4. The number of para-hydroxylation sites is 1. The van der Waals surface area contributed by atoms with Gasteiger partial charge in [0.15, 0.2) is 5.11 Å². The second-order valence-corrected chi connectivity index (χ2v) is 7.96. The molecule has 0 aliphatic heterocycles. The van der Waals surface area contributed by atoms with E-state index >= 15 is 0 Å². The van der Waals surface area contributed by atoms with E-state index in [4.69, 9.17) is 17.0 Å². The topological polar surface area (TPSA) is 45.7 Å². The second kappa shape index (κ2) is 10.4. The van der Waals surface area contributed by atoms with E-state index in [2.05, 4.69) is 31.8 Å². The molecular weight excluding hydrogens is 422 g/mol. The molecule has 2 aromatic carbocycles. The van der Waals surface area contributed by atoms with Crippen LogP contribution in [-0.2, 0) is 6.61 Å². The number of hydrogen-bond donors (Lipinski definition) is 2. The number of rotatable bonds is 6. The van der Waals surface area contributed by atoms with Crippen molar-refractivity contribution in [1.29, 1.82) is 0 Å². The van der Waals surface area contributed by atoms with Crippen LogP contribution < -0.4 is 15.5 Å². The summed E-state index contributed by atoms with van der Waals surface area (Å²) in [5.74, 6) is 0.789. The quantitative estimate of drug-likeness (QED) is 0.366. The van der Waals surface area contributed by atoms with Gasteiger partial charge in [-0.25, -0.2) is 0 Å². The van der Waals surface area contributed by atoms with Crippen molar-refractivity contribution in [1.82, 2.24) is 10.7 Å². The molecule has 1 aliphatic carbocycles. The molecule has 2 N–H and O–H groups in total. The molecule has 0 atom stereocenters. The number of ether oxygens (including phenoxy) is 1. The van der Waals surface area contributed by atoms with Gasteiger partial charge in [0.1, 0.15) is 12.4 Å². The molecule has 6 heteroatoms. The van der Waals surface area contributed by atoms with Crippen LogP contribution in [0.25, 0.3) is 0 Å². The Morgan fingerprint density at radius 1 is 1.11 bits per heavy atom. The Morgan fingerprint density at radius 2 is 1.85 bits per heavy atom. The predicted octanol–water partition coefficient (Wildman–Crippen LogP) is 5.16. The molecule has 142 valence electrons. The molecule has 1 aliphatic rings. The van der Waals surface area contributed by atoms with Gasteiger partial charge in [-0.15, -0.1) is 0 Å². The Balaban J connectivity index is 1.52. The van der Waals surface area contributed by atoms with Crippen LogP contribution in [0.15, 0.2) is 58.1 Å². The first-order chi connectivity index (χ1) is 13.2. The highest BCUT2D eigenvalue weighted by atomic mass is 79.9. The highest BCUT2D eigenvalue weighted by Crippen LogP contribution is 2.19. The summed E-state index contributed by atoms with van der Waals surface area (Å²) in [5, 5.41) is 8.19. The zero-order chi connectivity index (χ0) is 18.9. The van der Waals surface area contributed by atoms with Crippen LogP contribution >= 0.6 is 28.1 Å². The number of nitrogens with zero attached hydrogens (tertiary/aromatic N) is 1. The molecule has 1 fully saturated rings. The van der Waals surface area contributed by atoms with Crippen LogP contribution in [0.2, 0.25) is 0 Å². The van der Waals surface area contributed by atoms with E-state index in [1.165, 1.54) is 32.1 Å². The lowest BCUT2D eigenvalue weighted by atomic mass is 9.96. The van der Waals surface area contributed by atoms with Gasteiger partial charge < -0.3 is 10.1 Å². The molecule has 0 aromatic heterocycles. The molecule has 0 saturated heterocycles. The number of nitrogens with one attached hydrogen (secondary N) is 2. The summed E-state index contributed by atoms with van der Waals surface area (Å²) in [6.45, 7) is 0.507. The largest absolute Gasteiger partial charge is 0.488 e. The van der Waals surface area contributed by atoms with Crippen LogP contribution in [0.4, 0.5) is 0 Å². The standard InChI is InChI=1S/C21H24BrN3OS/c22-18-12-10-16(11-13-18)15-26-20-9-5-4-6-17(20)14-23-25-21(27)24-19-7-2-1-3-8-19/h4-6,9-14,19H,1-3,7-8,15H2,(H2,24,25,27)/b23-14-. The smallest absolute Gasteiger partial charge is 0.187 e. The molecule has 27 heavy (non-hydrogen) atoms. The van der Waals surface area contributed by atoms with Gasteiger partial charge in [-0.3, -0.25) is 5.43 Å². The zero-order valence-corrected chi connectivity index (χ0v) is 17.6. The first kappa shape index (κ1) is 19.8. The SMILES string of the molecule is S=C(N/N=C\c1ccccc1OCc1ccc(Br)cc1)NC1CCCCC1. The van der Waals surface area contributed by atoms with Crippen molar-refractivity contribution in [2.75, 3.05) is 0 Å². The maximum absolute atomic E-state index is 5.96. The molecule has 3 rings (SSSR count). The average molecular weight is 446 g/mol. The lowest BCUT2D eigenvalue weighted by Crippen LogP contribution is -2.40. The second-order valence-electron chi connectivity index (χ2n) is 6.63. The van der Waals surface area contributed by atoms with Crippen molar-refractivity contribution in [3.8, 4) is 5.75 Å². The van der Waals surface area contributed by atoms with Crippen LogP contribution in [-0.4, -0.2) is 17.4 Å². The van der Waals surface area contributed by atoms with Gasteiger partial charge in [-0.2, -0.15) is 5.10 Å². The first-order valence-corrected chi connectivity index (χ1v) is 10.5. The highest BCUT2D eigenvalue weighted by molar-refractivity contribution is 9.10. The van der Waals surface area contributed by atoms with Gasteiger partial charge in [-0.05, 0) is 54.9 Å². The normalized spacial score (nSPS) is 14.9. The van der Waals surface area contributed by atoms with Crippen LogP contribution in [0.1, 0.15) is 43.2 Å². The first-order valence-electron chi connectivity index (χ1n) is 9.26. The van der Waals surface area contributed by atoms with Crippen molar-refractivity contribution in [3.05, 3.63) is 64.1 Å². The van der Waals surface area contributed by atoms with Crippen molar-refractivity contribution < 1.29 is 4.74 Å². The molecule has 2 aromatic rings. The Hall–Kier alpha value is -1.92. The maximum atomic E-state index is 5.96. The van der Waals surface area contributed by atoms with Gasteiger partial charge in [0.05, 0.1) is 6.21 Å². The molecule has 0 bridgehead atoms. The molecule has 4 nitrogen and oxygen atoms in total. The minimum Gasteiger partial charge on any atom is -0.488 e. The summed E-state index contributed by atoms with van der Waals surface area (Å²) in [7, 11) is 0. The Morgan fingerprint density at radius 3 is 2.63 bits per heavy atom. The molecular formula is C21H24BrN3OS. The summed E-state index contributed by atoms with van der Waals surface area (Å²) in [5.41, 5.74) is 4.93. The lowest BCUT2D eigenvalue weighted by Gasteiger charge is -2.23. The van der Waals surface area contributed by atoms with Crippen molar-refractivity contribution >= 4 is 39.5 Å². The summed E-state index contributed by atoms with van der Waals surface area (Å²) >= 11 is 8.78. The maximum Gasteiger partial charge on any atom is 0.187 e. The van der Waals surface area contributed by atoms with E-state index in [9.17, 15) is 0 Å². The third-order valence-corrected chi connectivity index (χ3v) is 5.27. The zero-order valence-electron chi connectivity index (χ0n) is 15.2. The summed E-state index contributed by atoms with van der Waals surface area (Å²) < 4.78 is 7.02. The molecule has 0 spiro atoms. The molecule has 0 radical (unpaired) electrons. The van der Waals surface area contributed by atoms with Gasteiger partial charge in [-0.1, -0.05) is 59.5 Å². The number of thiocarbonyl (C=S) groups is 1. The Bertz CT molecular complexity index is 773. The van der Waals surface area contributed by atoms with E-state index in [1.807, 2.05) is 48.5 Å². The van der Waals surface area contributed by atoms with Crippen molar-refractivity contribution in [2.24, 2.45) is 5.10 Å². The lowest BCUT2D eigenvalue weighted by molar-refractivity contribution is 0.306. The van der Waals surface area contributed by atoms with Crippen LogP contribution in [0.3, 0.4) is 0 Å². The third kappa shape index (κ3) is 6.63. The van der Waals surface area contributed by atoms with Gasteiger partial charge in [0.25, 0.3) is 0 Å². The third-order valence-electron chi connectivity index (χ3n) is 4.54. The minimum atomic E-state index is 0.468. The number of hydrazone groups is 1. The van der Waals surface area contributed by atoms with E-state index < -0.39 is 0 Å². The molecule has 0 heterocycles. The van der Waals surface area contributed by atoms with E-state index in [1.54, 1.807) is 6.21 Å². The van der Waals surface area contributed by atoms with Crippen molar-refractivity contribution in [2.45, 2.75) is 44.8 Å². The number of halogens is 1. The highest BCUT2D eigenvalue weighted by Gasteiger charge is 2.13. The van der Waals surface area contributed by atoms with Crippen LogP contribution in [0.5, 0.6) is 5.75 Å². The molecule has 0 amide bonds. The summed E-state index contributed by atoms with van der Waals surface area (Å²) in [6.07, 6.45) is 7.97. The van der Waals surface area contributed by atoms with E-state index in [0.717, 1.165) is 21.3 Å². The predicted molar refractivity (Wildman–Crippen MR) is 118 cm³/mol. The fourth-order valence-electron chi connectivity index (χ4n) is 3.09. The molecule has 0 unspecified atom stereocenters. The number of benzene rings is 2. The van der Waals surface area contributed by atoms with E-state index in [-0.39, 0.29) is 0 Å². The average Bonchev–Trinajstić information content (AvgIpc) is 2.69.